The fourth-order valence-electron chi connectivity index (χ4n) is 3.29. The number of furan rings is 1. The topological polar surface area (TPSA) is 33.5 Å². The van der Waals surface area contributed by atoms with Gasteiger partial charge >= 0.3 is 0 Å². The fourth-order valence-corrected chi connectivity index (χ4v) is 4.79. The average molecular weight is 390 g/mol. The van der Waals surface area contributed by atoms with E-state index in [1.807, 2.05) is 36.4 Å². The summed E-state index contributed by atoms with van der Waals surface area (Å²) in [5.41, 5.74) is 0.947. The third kappa shape index (κ3) is 3.41. The number of thioether (sulfide) groups is 1. The van der Waals surface area contributed by atoms with Gasteiger partial charge in [0.25, 0.3) is 5.91 Å². The molecule has 25 heavy (non-hydrogen) atoms. The van der Waals surface area contributed by atoms with Gasteiger partial charge in [-0.15, -0.1) is 0 Å². The number of amides is 1. The Bertz CT molecular complexity index is 851. The Morgan fingerprint density at radius 3 is 2.60 bits per heavy atom. The van der Waals surface area contributed by atoms with E-state index in [4.69, 9.17) is 28.2 Å². The Morgan fingerprint density at radius 2 is 1.88 bits per heavy atom. The molecule has 1 aliphatic heterocycles. The molecule has 0 atom stereocenters. The van der Waals surface area contributed by atoms with E-state index in [2.05, 4.69) is 0 Å². The summed E-state index contributed by atoms with van der Waals surface area (Å²) in [6, 6.07) is 11.5. The van der Waals surface area contributed by atoms with Crippen LogP contribution in [0.5, 0.6) is 0 Å². The van der Waals surface area contributed by atoms with E-state index in [0.29, 0.717) is 20.0 Å². The predicted octanol–water partition coefficient (Wildman–Crippen LogP) is 5.74. The van der Waals surface area contributed by atoms with Crippen LogP contribution in [0, 0.1) is 0 Å². The van der Waals surface area contributed by atoms with Gasteiger partial charge in [-0.3, -0.25) is 9.69 Å². The molecule has 4 rings (SSSR count). The zero-order valence-corrected chi connectivity index (χ0v) is 15.8. The van der Waals surface area contributed by atoms with Crippen LogP contribution in [0.3, 0.4) is 0 Å². The van der Waals surface area contributed by atoms with Crippen molar-refractivity contribution >= 4 is 51.9 Å². The monoisotopic (exact) mass is 389 g/mol. The highest BCUT2D eigenvalue weighted by atomic mass is 35.5. The number of hydrogen-bond donors (Lipinski definition) is 0. The highest BCUT2D eigenvalue weighted by molar-refractivity contribution is 8.26. The molecule has 3 nitrogen and oxygen atoms in total. The number of hydrogen-bond acceptors (Lipinski definition) is 4. The molecule has 2 fully saturated rings. The number of benzene rings is 1. The van der Waals surface area contributed by atoms with Gasteiger partial charge in [0.05, 0.1) is 4.91 Å². The quantitative estimate of drug-likeness (QED) is 0.494. The van der Waals surface area contributed by atoms with Crippen molar-refractivity contribution in [2.75, 3.05) is 0 Å². The first-order valence-electron chi connectivity index (χ1n) is 8.25. The Kier molecular flexibility index (Phi) is 4.71. The summed E-state index contributed by atoms with van der Waals surface area (Å²) in [7, 11) is 0. The molecule has 0 spiro atoms. The number of rotatable bonds is 3. The molecule has 6 heteroatoms. The Morgan fingerprint density at radius 1 is 1.16 bits per heavy atom. The molecule has 1 aromatic heterocycles. The summed E-state index contributed by atoms with van der Waals surface area (Å²) in [5, 5.41) is 0.686. The molecule has 1 saturated heterocycles. The van der Waals surface area contributed by atoms with Crippen LogP contribution in [-0.2, 0) is 4.79 Å². The van der Waals surface area contributed by atoms with Gasteiger partial charge in [0.1, 0.15) is 15.8 Å². The molecule has 0 N–H and O–H groups in total. The minimum atomic E-state index is 0.00587. The second-order valence-electron chi connectivity index (χ2n) is 6.20. The van der Waals surface area contributed by atoms with E-state index in [9.17, 15) is 4.79 Å². The lowest BCUT2D eigenvalue weighted by molar-refractivity contribution is -0.123. The maximum Gasteiger partial charge on any atom is 0.266 e. The summed E-state index contributed by atoms with van der Waals surface area (Å²) in [6.07, 6.45) is 6.21. The van der Waals surface area contributed by atoms with Gasteiger partial charge in [0.2, 0.25) is 0 Å². The Labute approximate surface area is 161 Å². The van der Waals surface area contributed by atoms with E-state index >= 15 is 0 Å². The van der Waals surface area contributed by atoms with Gasteiger partial charge in [0.15, 0.2) is 0 Å². The zero-order chi connectivity index (χ0) is 17.4. The lowest BCUT2D eigenvalue weighted by Gasteiger charge is -2.21. The van der Waals surface area contributed by atoms with Gasteiger partial charge in [0, 0.05) is 22.7 Å². The first-order valence-corrected chi connectivity index (χ1v) is 9.85. The molecule has 1 saturated carbocycles. The molecule has 0 radical (unpaired) electrons. The highest BCUT2D eigenvalue weighted by Gasteiger charge is 2.38. The summed E-state index contributed by atoms with van der Waals surface area (Å²) in [4.78, 5) is 15.1. The normalized spacial score (nSPS) is 20.2. The minimum Gasteiger partial charge on any atom is -0.457 e. The molecule has 2 heterocycles. The van der Waals surface area contributed by atoms with Gasteiger partial charge in [-0.2, -0.15) is 0 Å². The molecule has 2 aromatic rings. The molecule has 1 aromatic carbocycles. The van der Waals surface area contributed by atoms with Gasteiger partial charge in [-0.05, 0) is 49.2 Å². The van der Waals surface area contributed by atoms with Crippen molar-refractivity contribution in [3.63, 3.8) is 0 Å². The number of carbonyl (C=O) groups is 1. The average Bonchev–Trinajstić information content (AvgIpc) is 3.31. The Hall–Kier alpha value is -1.56. The first kappa shape index (κ1) is 16.9. The summed E-state index contributed by atoms with van der Waals surface area (Å²) < 4.78 is 6.53. The third-order valence-corrected chi connectivity index (χ3v) is 6.12. The molecule has 2 aliphatic rings. The van der Waals surface area contributed by atoms with E-state index in [-0.39, 0.29) is 11.9 Å². The van der Waals surface area contributed by atoms with Crippen molar-refractivity contribution in [1.82, 2.24) is 4.90 Å². The summed E-state index contributed by atoms with van der Waals surface area (Å²) in [6.45, 7) is 0. The lowest BCUT2D eigenvalue weighted by atomic mass is 10.2. The van der Waals surface area contributed by atoms with Crippen LogP contribution in [0.1, 0.15) is 31.4 Å². The molecule has 1 aliphatic carbocycles. The van der Waals surface area contributed by atoms with Crippen LogP contribution in [0.4, 0.5) is 0 Å². The summed E-state index contributed by atoms with van der Waals surface area (Å²) in [5.74, 6) is 1.40. The lowest BCUT2D eigenvalue weighted by Crippen LogP contribution is -2.36. The van der Waals surface area contributed by atoms with Crippen molar-refractivity contribution in [3.8, 4) is 11.3 Å². The van der Waals surface area contributed by atoms with Gasteiger partial charge < -0.3 is 4.42 Å². The summed E-state index contributed by atoms with van der Waals surface area (Å²) >= 11 is 12.7. The molecular formula is C19H16ClNO2S2. The highest BCUT2D eigenvalue weighted by Crippen LogP contribution is 2.38. The minimum absolute atomic E-state index is 0.00587. The van der Waals surface area contributed by atoms with Crippen LogP contribution in [0.2, 0.25) is 5.02 Å². The predicted molar refractivity (Wildman–Crippen MR) is 106 cm³/mol. The van der Waals surface area contributed by atoms with Crippen molar-refractivity contribution < 1.29 is 9.21 Å². The fraction of sp³-hybridized carbons (Fsp3) is 0.263. The van der Waals surface area contributed by atoms with Gasteiger partial charge in [-0.25, -0.2) is 0 Å². The van der Waals surface area contributed by atoms with Crippen LogP contribution in [0.25, 0.3) is 17.4 Å². The number of carbonyl (C=O) groups excluding carboxylic acids is 1. The maximum absolute atomic E-state index is 12.7. The number of nitrogens with zero attached hydrogens (tertiary/aromatic N) is 1. The van der Waals surface area contributed by atoms with Crippen molar-refractivity contribution in [1.29, 1.82) is 0 Å². The molecule has 1 amide bonds. The van der Waals surface area contributed by atoms with E-state index in [0.717, 1.165) is 24.2 Å². The molecule has 0 unspecified atom stereocenters. The molecule has 0 bridgehead atoms. The third-order valence-electron chi connectivity index (χ3n) is 4.54. The standard InChI is InChI=1S/C19H16ClNO2S2/c20-13-7-5-12(6-8-13)16-10-9-15(23-16)11-17-18(22)21(19(24)25-17)14-3-1-2-4-14/h5-11,14H,1-4H2/b17-11+. The van der Waals surface area contributed by atoms with E-state index in [1.54, 1.807) is 11.0 Å². The van der Waals surface area contributed by atoms with Crippen LogP contribution < -0.4 is 0 Å². The van der Waals surface area contributed by atoms with Crippen LogP contribution >= 0.6 is 35.6 Å². The first-order chi connectivity index (χ1) is 12.1. The molecule has 128 valence electrons. The largest absolute Gasteiger partial charge is 0.457 e. The van der Waals surface area contributed by atoms with Gasteiger partial charge in [-0.1, -0.05) is 48.4 Å². The van der Waals surface area contributed by atoms with Crippen LogP contribution in [-0.4, -0.2) is 21.2 Å². The molecular weight excluding hydrogens is 374 g/mol. The second-order valence-corrected chi connectivity index (χ2v) is 8.31. The maximum atomic E-state index is 12.7. The van der Waals surface area contributed by atoms with Crippen molar-refractivity contribution in [3.05, 3.63) is 52.1 Å². The van der Waals surface area contributed by atoms with Crippen molar-refractivity contribution in [2.24, 2.45) is 0 Å². The second kappa shape index (κ2) is 6.98. The van der Waals surface area contributed by atoms with Crippen LogP contribution in [0.15, 0.2) is 45.7 Å². The number of thiocarbonyl (C=S) groups is 1. The van der Waals surface area contributed by atoms with E-state index < -0.39 is 0 Å². The smallest absolute Gasteiger partial charge is 0.266 e. The van der Waals surface area contributed by atoms with Crippen molar-refractivity contribution in [2.45, 2.75) is 31.7 Å². The number of halogens is 1. The van der Waals surface area contributed by atoms with E-state index in [1.165, 1.54) is 24.6 Å². The zero-order valence-electron chi connectivity index (χ0n) is 13.4. The SMILES string of the molecule is O=C1/C(=C\c2ccc(-c3ccc(Cl)cc3)o2)SC(=S)N1C1CCCC1. The Balaban J connectivity index is 1.56.